The highest BCUT2D eigenvalue weighted by Gasteiger charge is 2.29. The van der Waals surface area contributed by atoms with Gasteiger partial charge in [-0.1, -0.05) is 24.2 Å². The number of ether oxygens (including phenoxy) is 1. The maximum Gasteiger partial charge on any atom is 0.253 e. The largest absolute Gasteiger partial charge is 0.497 e. The summed E-state index contributed by atoms with van der Waals surface area (Å²) in [5.41, 5.74) is 2.08. The van der Waals surface area contributed by atoms with E-state index in [0.29, 0.717) is 42.5 Å². The van der Waals surface area contributed by atoms with E-state index in [0.717, 1.165) is 24.2 Å². The second-order valence-corrected chi connectivity index (χ2v) is 7.76. The van der Waals surface area contributed by atoms with Crippen molar-refractivity contribution in [2.75, 3.05) is 25.5 Å². The van der Waals surface area contributed by atoms with Crippen molar-refractivity contribution in [3.8, 4) is 17.1 Å². The van der Waals surface area contributed by atoms with E-state index in [4.69, 9.17) is 9.26 Å². The second-order valence-electron chi connectivity index (χ2n) is 7.76. The van der Waals surface area contributed by atoms with Crippen LogP contribution < -0.4 is 10.1 Å². The molecule has 2 heterocycles. The molecule has 0 unspecified atom stereocenters. The van der Waals surface area contributed by atoms with E-state index in [1.165, 1.54) is 0 Å². The molecule has 1 aliphatic heterocycles. The minimum atomic E-state index is -0.0558. The Kier molecular flexibility index (Phi) is 6.49. The number of benzene rings is 2. The van der Waals surface area contributed by atoms with Gasteiger partial charge in [-0.25, -0.2) is 0 Å². The fourth-order valence-corrected chi connectivity index (χ4v) is 3.78. The highest BCUT2D eigenvalue weighted by Crippen LogP contribution is 2.29. The summed E-state index contributed by atoms with van der Waals surface area (Å²) >= 11 is 0. The Balaban J connectivity index is 1.46. The van der Waals surface area contributed by atoms with E-state index in [2.05, 4.69) is 15.5 Å². The molecule has 1 atom stereocenters. The Morgan fingerprint density at radius 2 is 2.03 bits per heavy atom. The average molecular weight is 434 g/mol. The van der Waals surface area contributed by atoms with E-state index < -0.39 is 0 Å². The molecule has 0 aliphatic carbocycles. The first-order valence-corrected chi connectivity index (χ1v) is 10.7. The first-order chi connectivity index (χ1) is 15.6. The predicted octanol–water partition coefficient (Wildman–Crippen LogP) is 4.11. The van der Waals surface area contributed by atoms with Gasteiger partial charge in [0.05, 0.1) is 13.0 Å². The zero-order chi connectivity index (χ0) is 22.5. The number of anilines is 1. The van der Waals surface area contributed by atoms with Crippen molar-refractivity contribution in [1.82, 2.24) is 15.0 Å². The highest BCUT2D eigenvalue weighted by atomic mass is 16.5. The number of likely N-dealkylation sites (tertiary alicyclic amines) is 1. The molecule has 32 heavy (non-hydrogen) atoms. The van der Waals surface area contributed by atoms with Crippen molar-refractivity contribution in [2.24, 2.45) is 0 Å². The maximum absolute atomic E-state index is 12.9. The molecular weight excluding hydrogens is 408 g/mol. The molecule has 1 N–H and O–H groups in total. The lowest BCUT2D eigenvalue weighted by atomic mass is 9.97. The number of hydrogen-bond donors (Lipinski definition) is 1. The molecule has 8 nitrogen and oxygen atoms in total. The van der Waals surface area contributed by atoms with Crippen molar-refractivity contribution >= 4 is 17.5 Å². The summed E-state index contributed by atoms with van der Waals surface area (Å²) < 4.78 is 10.7. The normalized spacial score (nSPS) is 15.9. The minimum absolute atomic E-state index is 0.0172. The summed E-state index contributed by atoms with van der Waals surface area (Å²) in [6, 6.07) is 14.5. The summed E-state index contributed by atoms with van der Waals surface area (Å²) in [4.78, 5) is 31.0. The number of piperidine rings is 1. The third kappa shape index (κ3) is 4.80. The van der Waals surface area contributed by atoms with Crippen LogP contribution in [0.3, 0.4) is 0 Å². The summed E-state index contributed by atoms with van der Waals surface area (Å²) in [6.45, 7) is 3.03. The van der Waals surface area contributed by atoms with E-state index in [9.17, 15) is 9.59 Å². The van der Waals surface area contributed by atoms with Crippen LogP contribution in [-0.4, -0.2) is 47.1 Å². The molecule has 1 aliphatic rings. The molecule has 0 radical (unpaired) electrons. The number of hydrogen-bond acceptors (Lipinski definition) is 6. The lowest BCUT2D eigenvalue weighted by Crippen LogP contribution is -2.39. The van der Waals surface area contributed by atoms with Gasteiger partial charge in [-0.2, -0.15) is 4.98 Å². The maximum atomic E-state index is 12.9. The third-order valence-electron chi connectivity index (χ3n) is 5.56. The Morgan fingerprint density at radius 1 is 1.22 bits per heavy atom. The Morgan fingerprint density at radius 3 is 2.78 bits per heavy atom. The van der Waals surface area contributed by atoms with Gasteiger partial charge in [0, 0.05) is 36.3 Å². The second kappa shape index (κ2) is 9.64. The highest BCUT2D eigenvalue weighted by molar-refractivity contribution is 5.94. The van der Waals surface area contributed by atoms with Crippen LogP contribution in [0.1, 0.15) is 48.4 Å². The van der Waals surface area contributed by atoms with Crippen molar-refractivity contribution in [1.29, 1.82) is 0 Å². The Hall–Kier alpha value is -3.68. The molecule has 0 spiro atoms. The van der Waals surface area contributed by atoms with Gasteiger partial charge in [-0.3, -0.25) is 9.59 Å². The molecule has 3 aromatic rings. The number of methoxy groups -OCH3 is 1. The summed E-state index contributed by atoms with van der Waals surface area (Å²) in [6.07, 6.45) is 2.15. The Labute approximate surface area is 186 Å². The van der Waals surface area contributed by atoms with Crippen molar-refractivity contribution in [3.05, 3.63) is 60.0 Å². The topological polar surface area (TPSA) is 97.6 Å². The van der Waals surface area contributed by atoms with Crippen LogP contribution >= 0.6 is 0 Å². The average Bonchev–Trinajstić information content (AvgIpc) is 3.34. The van der Waals surface area contributed by atoms with Gasteiger partial charge in [-0.05, 0) is 49.2 Å². The van der Waals surface area contributed by atoms with Crippen LogP contribution in [0, 0.1) is 0 Å². The van der Waals surface area contributed by atoms with Gasteiger partial charge in [0.15, 0.2) is 0 Å². The van der Waals surface area contributed by atoms with E-state index in [1.807, 2.05) is 29.2 Å². The first kappa shape index (κ1) is 21.5. The van der Waals surface area contributed by atoms with Crippen molar-refractivity contribution < 1.29 is 18.8 Å². The summed E-state index contributed by atoms with van der Waals surface area (Å²) in [5.74, 6) is 1.61. The summed E-state index contributed by atoms with van der Waals surface area (Å²) in [5, 5.41) is 6.97. The molecular formula is C24H26N4O4. The van der Waals surface area contributed by atoms with Gasteiger partial charge in [0.2, 0.25) is 17.6 Å². The van der Waals surface area contributed by atoms with Gasteiger partial charge in [0.25, 0.3) is 5.91 Å². The molecule has 8 heteroatoms. The van der Waals surface area contributed by atoms with Crippen LogP contribution in [0.2, 0.25) is 0 Å². The number of rotatable bonds is 6. The third-order valence-corrected chi connectivity index (χ3v) is 5.56. The van der Waals surface area contributed by atoms with E-state index in [-0.39, 0.29) is 17.7 Å². The predicted molar refractivity (Wildman–Crippen MR) is 120 cm³/mol. The molecule has 1 saturated heterocycles. The fraction of sp³-hybridized carbons (Fsp3) is 0.333. The zero-order valence-electron chi connectivity index (χ0n) is 18.2. The van der Waals surface area contributed by atoms with Crippen LogP contribution in [0.15, 0.2) is 53.1 Å². The number of aromatic nitrogens is 2. The van der Waals surface area contributed by atoms with Gasteiger partial charge < -0.3 is 19.5 Å². The first-order valence-electron chi connectivity index (χ1n) is 10.7. The quantitative estimate of drug-likeness (QED) is 0.627. The lowest BCUT2D eigenvalue weighted by Gasteiger charge is -2.31. The number of nitrogens with zero attached hydrogens (tertiary/aromatic N) is 3. The molecule has 0 bridgehead atoms. The SMILES string of the molecule is CCC(=O)Nc1cccc(-c2noc([C@H]3CCCN(C(=O)c4ccc(OC)cc4)C3)n2)c1. The zero-order valence-corrected chi connectivity index (χ0v) is 18.2. The molecule has 4 rings (SSSR count). The van der Waals surface area contributed by atoms with Crippen LogP contribution in [0.25, 0.3) is 11.4 Å². The number of carbonyl (C=O) groups is 2. The van der Waals surface area contributed by atoms with Gasteiger partial charge >= 0.3 is 0 Å². The van der Waals surface area contributed by atoms with E-state index >= 15 is 0 Å². The molecule has 1 fully saturated rings. The number of nitrogens with one attached hydrogen (secondary N) is 1. The summed E-state index contributed by atoms with van der Waals surface area (Å²) in [7, 11) is 1.60. The minimum Gasteiger partial charge on any atom is -0.497 e. The molecule has 2 amide bonds. The van der Waals surface area contributed by atoms with E-state index in [1.54, 1.807) is 38.3 Å². The van der Waals surface area contributed by atoms with Crippen molar-refractivity contribution in [3.63, 3.8) is 0 Å². The van der Waals surface area contributed by atoms with Crippen LogP contribution in [0.4, 0.5) is 5.69 Å². The van der Waals surface area contributed by atoms with Gasteiger partial charge in [-0.15, -0.1) is 0 Å². The number of amides is 2. The Bertz CT molecular complexity index is 1090. The monoisotopic (exact) mass is 434 g/mol. The molecule has 166 valence electrons. The van der Waals surface area contributed by atoms with Gasteiger partial charge in [0.1, 0.15) is 5.75 Å². The fourth-order valence-electron chi connectivity index (χ4n) is 3.78. The van der Waals surface area contributed by atoms with Crippen LogP contribution in [0.5, 0.6) is 5.75 Å². The molecule has 2 aromatic carbocycles. The smallest absolute Gasteiger partial charge is 0.253 e. The molecule has 0 saturated carbocycles. The van der Waals surface area contributed by atoms with Crippen LogP contribution in [-0.2, 0) is 4.79 Å². The lowest BCUT2D eigenvalue weighted by molar-refractivity contribution is -0.115. The standard InChI is InChI=1S/C24H26N4O4/c1-3-21(29)25-19-8-4-6-17(14-19)22-26-23(32-27-22)18-7-5-13-28(15-18)24(30)16-9-11-20(31-2)12-10-16/h4,6,8-12,14,18H,3,5,7,13,15H2,1-2H3,(H,25,29)/t18-/m0/s1. The number of carbonyl (C=O) groups excluding carboxylic acids is 2. The molecule has 1 aromatic heterocycles. The van der Waals surface area contributed by atoms with Crippen molar-refractivity contribution in [2.45, 2.75) is 32.1 Å².